The van der Waals surface area contributed by atoms with Crippen LogP contribution in [0.1, 0.15) is 28.9 Å². The molecule has 0 bridgehead atoms. The van der Waals surface area contributed by atoms with E-state index in [4.69, 9.17) is 13.9 Å². The van der Waals surface area contributed by atoms with Crippen LogP contribution in [0, 0.1) is 5.82 Å². The normalized spacial score (nSPS) is 17.5. The monoisotopic (exact) mass is 554 g/mol. The quantitative estimate of drug-likeness (QED) is 0.357. The maximum atomic E-state index is 13.2. The molecule has 5 rings (SSSR count). The van der Waals surface area contributed by atoms with Gasteiger partial charge in [-0.25, -0.2) is 12.8 Å². The Morgan fingerprint density at radius 2 is 1.77 bits per heavy atom. The number of fused-ring (bicyclic) bond motifs is 2. The Balaban J connectivity index is 1.61. The van der Waals surface area contributed by atoms with Gasteiger partial charge in [0.05, 0.1) is 42.9 Å². The fourth-order valence-electron chi connectivity index (χ4n) is 4.66. The van der Waals surface area contributed by atoms with Crippen molar-refractivity contribution in [3.63, 3.8) is 0 Å². The highest BCUT2D eigenvalue weighted by Gasteiger charge is 2.33. The maximum Gasteiger partial charge on any atom is 0.255 e. The first kappa shape index (κ1) is 26.7. The van der Waals surface area contributed by atoms with Crippen molar-refractivity contribution in [2.45, 2.75) is 19.1 Å². The molecule has 2 heterocycles. The molecule has 2 atom stereocenters. The van der Waals surface area contributed by atoms with E-state index in [-0.39, 0.29) is 30.4 Å². The van der Waals surface area contributed by atoms with E-state index in [1.165, 1.54) is 35.6 Å². The van der Waals surface area contributed by atoms with Crippen molar-refractivity contribution < 1.29 is 36.6 Å². The molecule has 0 fully saturated rings. The number of carbonyl (C=O) groups excluding carboxylic acids is 1. The number of sulfonamides is 1. The Kier molecular flexibility index (Phi) is 7.06. The van der Waals surface area contributed by atoms with E-state index < -0.39 is 22.2 Å². The van der Waals surface area contributed by atoms with Crippen LogP contribution in [0.2, 0.25) is 0 Å². The minimum Gasteiger partial charge on any atom is -0.457 e. The summed E-state index contributed by atoms with van der Waals surface area (Å²) >= 11 is 0. The van der Waals surface area contributed by atoms with Crippen LogP contribution in [0.3, 0.4) is 0 Å². The van der Waals surface area contributed by atoms with Crippen LogP contribution < -0.4 is 14.4 Å². The smallest absolute Gasteiger partial charge is 0.255 e. The van der Waals surface area contributed by atoms with Crippen molar-refractivity contribution in [1.82, 2.24) is 5.32 Å². The fourth-order valence-corrected chi connectivity index (χ4v) is 5.61. The molecule has 1 aliphatic rings. The number of hydrogen-bond acceptors (Lipinski definition) is 7. The van der Waals surface area contributed by atoms with Gasteiger partial charge in [0.25, 0.3) is 5.91 Å². The predicted molar refractivity (Wildman–Crippen MR) is 144 cm³/mol. The van der Waals surface area contributed by atoms with E-state index >= 15 is 0 Å². The molecule has 2 N–H and O–H groups in total. The number of rotatable bonds is 6. The van der Waals surface area contributed by atoms with Crippen molar-refractivity contribution in [3.05, 3.63) is 77.6 Å². The molecule has 9 nitrogen and oxygen atoms in total. The third-order valence-corrected chi connectivity index (χ3v) is 7.68. The SMILES string of the molecule is CNC(=O)c1c(-c2ccc(Oc3ccc(F)cc3)cc2)oc2cc3c(cc12)[C@H](C)O[C@@H](CO)CN3S(C)(=O)=O. The number of anilines is 1. The molecule has 39 heavy (non-hydrogen) atoms. The summed E-state index contributed by atoms with van der Waals surface area (Å²) < 4.78 is 57.6. The third kappa shape index (κ3) is 5.20. The van der Waals surface area contributed by atoms with E-state index in [1.54, 1.807) is 43.3 Å². The zero-order chi connectivity index (χ0) is 27.9. The summed E-state index contributed by atoms with van der Waals surface area (Å²) in [6.45, 7) is 1.35. The molecule has 204 valence electrons. The van der Waals surface area contributed by atoms with Crippen LogP contribution >= 0.6 is 0 Å². The molecule has 1 aromatic heterocycles. The molecule has 0 saturated carbocycles. The van der Waals surface area contributed by atoms with Gasteiger partial charge in [-0.1, -0.05) is 0 Å². The number of hydrogen-bond donors (Lipinski definition) is 2. The Morgan fingerprint density at radius 3 is 2.36 bits per heavy atom. The van der Waals surface area contributed by atoms with Crippen LogP contribution in [-0.4, -0.2) is 52.0 Å². The Morgan fingerprint density at radius 1 is 1.13 bits per heavy atom. The zero-order valence-electron chi connectivity index (χ0n) is 21.5. The van der Waals surface area contributed by atoms with E-state index in [0.29, 0.717) is 45.0 Å². The number of carbonyl (C=O) groups is 1. The number of aliphatic hydroxyl groups is 1. The molecular weight excluding hydrogens is 527 g/mol. The maximum absolute atomic E-state index is 13.2. The van der Waals surface area contributed by atoms with Gasteiger partial charge in [-0.3, -0.25) is 9.10 Å². The fraction of sp³-hybridized carbons (Fsp3) is 0.250. The minimum atomic E-state index is -3.72. The van der Waals surface area contributed by atoms with Crippen molar-refractivity contribution >= 4 is 32.6 Å². The standard InChI is InChI=1S/C28H27FN2O7S/c1-16-22-12-23-25(13-24(22)31(39(3,34)35)14-21(15-32)36-16)38-27(26(23)28(33)30-2)17-4-8-19(9-5-17)37-20-10-6-18(29)7-11-20/h4-13,16,21,32H,14-15H2,1-3H3,(H,30,33)/t16-,21+/m0/s1. The van der Waals surface area contributed by atoms with Gasteiger partial charge in [0.2, 0.25) is 10.0 Å². The molecule has 0 unspecified atom stereocenters. The number of nitrogens with zero attached hydrogens (tertiary/aromatic N) is 1. The molecular formula is C28H27FN2O7S. The lowest BCUT2D eigenvalue weighted by atomic mass is 10.0. The predicted octanol–water partition coefficient (Wildman–Crippen LogP) is 4.61. The summed E-state index contributed by atoms with van der Waals surface area (Å²) in [5.74, 6) is 0.519. The molecule has 0 radical (unpaired) electrons. The first-order valence-electron chi connectivity index (χ1n) is 12.2. The van der Waals surface area contributed by atoms with Crippen LogP contribution in [0.5, 0.6) is 11.5 Å². The largest absolute Gasteiger partial charge is 0.457 e. The topological polar surface area (TPSA) is 118 Å². The average Bonchev–Trinajstić information content (AvgIpc) is 3.22. The van der Waals surface area contributed by atoms with E-state index in [9.17, 15) is 22.7 Å². The summed E-state index contributed by atoms with van der Waals surface area (Å²) in [5.41, 5.74) is 2.10. The summed E-state index contributed by atoms with van der Waals surface area (Å²) in [6.07, 6.45) is -0.199. The van der Waals surface area contributed by atoms with Crippen molar-refractivity contribution in [3.8, 4) is 22.8 Å². The van der Waals surface area contributed by atoms with Crippen molar-refractivity contribution in [2.75, 3.05) is 30.8 Å². The third-order valence-electron chi connectivity index (χ3n) is 6.53. The number of nitrogens with one attached hydrogen (secondary N) is 1. The lowest BCUT2D eigenvalue weighted by Gasteiger charge is -2.24. The first-order valence-corrected chi connectivity index (χ1v) is 14.0. The number of halogens is 1. The molecule has 1 aliphatic heterocycles. The summed E-state index contributed by atoms with van der Waals surface area (Å²) in [6, 6.07) is 15.8. The first-order chi connectivity index (χ1) is 18.6. The Hall–Kier alpha value is -3.93. The molecule has 11 heteroatoms. The average molecular weight is 555 g/mol. The number of benzene rings is 3. The minimum absolute atomic E-state index is 0.0659. The van der Waals surface area contributed by atoms with Gasteiger partial charge in [-0.15, -0.1) is 0 Å². The van der Waals surface area contributed by atoms with E-state index in [2.05, 4.69) is 5.32 Å². The van der Waals surface area contributed by atoms with Crippen LogP contribution in [0.25, 0.3) is 22.3 Å². The molecule has 4 aromatic rings. The van der Waals surface area contributed by atoms with E-state index in [0.717, 1.165) is 6.26 Å². The van der Waals surface area contributed by atoms with Crippen LogP contribution in [0.15, 0.2) is 65.1 Å². The Bertz CT molecular complexity index is 1630. The van der Waals surface area contributed by atoms with Crippen molar-refractivity contribution in [1.29, 1.82) is 0 Å². The van der Waals surface area contributed by atoms with Crippen LogP contribution in [-0.2, 0) is 14.8 Å². The van der Waals surface area contributed by atoms with E-state index in [1.807, 2.05) is 0 Å². The molecule has 0 spiro atoms. The van der Waals surface area contributed by atoms with Gasteiger partial charge in [0.1, 0.15) is 28.7 Å². The number of aliphatic hydroxyl groups excluding tert-OH is 1. The summed E-state index contributed by atoms with van der Waals surface area (Å²) in [7, 11) is -2.21. The second-order valence-electron chi connectivity index (χ2n) is 9.25. The van der Waals surface area contributed by atoms with Gasteiger partial charge in [0, 0.05) is 29.6 Å². The van der Waals surface area contributed by atoms with Gasteiger partial charge >= 0.3 is 0 Å². The van der Waals surface area contributed by atoms with Gasteiger partial charge in [-0.05, 0) is 61.5 Å². The number of amides is 1. The Labute approximate surface area is 224 Å². The zero-order valence-corrected chi connectivity index (χ0v) is 22.3. The highest BCUT2D eigenvalue weighted by Crippen LogP contribution is 2.42. The molecule has 3 aromatic carbocycles. The number of furan rings is 1. The molecule has 0 aliphatic carbocycles. The lowest BCUT2D eigenvalue weighted by molar-refractivity contribution is -0.0227. The van der Waals surface area contributed by atoms with Crippen LogP contribution in [0.4, 0.5) is 10.1 Å². The second-order valence-corrected chi connectivity index (χ2v) is 11.2. The summed E-state index contributed by atoms with van der Waals surface area (Å²) in [4.78, 5) is 13.1. The van der Waals surface area contributed by atoms with Gasteiger partial charge in [0.15, 0.2) is 0 Å². The second kappa shape index (κ2) is 10.3. The van der Waals surface area contributed by atoms with Gasteiger partial charge < -0.3 is 24.3 Å². The van der Waals surface area contributed by atoms with Gasteiger partial charge in [-0.2, -0.15) is 0 Å². The van der Waals surface area contributed by atoms with Crippen molar-refractivity contribution in [2.24, 2.45) is 0 Å². The molecule has 1 amide bonds. The number of ether oxygens (including phenoxy) is 2. The highest BCUT2D eigenvalue weighted by molar-refractivity contribution is 7.92. The molecule has 0 saturated heterocycles. The summed E-state index contributed by atoms with van der Waals surface area (Å²) in [5, 5.41) is 12.9. The highest BCUT2D eigenvalue weighted by atomic mass is 32.2. The lowest BCUT2D eigenvalue weighted by Crippen LogP contribution is -2.38.